The molecule has 0 radical (unpaired) electrons. The van der Waals surface area contributed by atoms with Crippen molar-refractivity contribution >= 4 is 58.2 Å². The van der Waals surface area contributed by atoms with E-state index in [4.69, 9.17) is 9.47 Å². The van der Waals surface area contributed by atoms with E-state index in [-0.39, 0.29) is 17.2 Å². The lowest BCUT2D eigenvalue weighted by Gasteiger charge is -2.30. The lowest BCUT2D eigenvalue weighted by atomic mass is 9.83. The highest BCUT2D eigenvalue weighted by molar-refractivity contribution is 8.00. The Balaban J connectivity index is 1.36. The Morgan fingerprint density at radius 1 is 0.938 bits per heavy atom. The number of nitrogens with one attached hydrogen (secondary N) is 1. The number of carbonyl (C=O) groups is 4. The minimum atomic E-state index is -4.83. The molecular weight excluding hydrogens is 672 g/mol. The van der Waals surface area contributed by atoms with E-state index in [0.29, 0.717) is 26.8 Å². The number of benzene rings is 3. The number of aromatic nitrogens is 1. The highest BCUT2D eigenvalue weighted by Gasteiger charge is 2.57. The molecule has 3 atom stereocenters. The molecule has 15 heteroatoms. The summed E-state index contributed by atoms with van der Waals surface area (Å²) in [4.78, 5) is 67.0. The number of carbonyl (C=O) groups excluding carboxylic acids is 4. The van der Waals surface area contributed by atoms with Crippen molar-refractivity contribution < 1.29 is 41.8 Å². The Morgan fingerprint density at radius 2 is 1.62 bits per heavy atom. The molecular formula is C33H26F3N3O7S2. The number of hydrogen-bond donors (Lipinski definition) is 1. The molecule has 3 aromatic carbocycles. The van der Waals surface area contributed by atoms with Crippen molar-refractivity contribution in [2.24, 2.45) is 5.92 Å². The fourth-order valence-corrected chi connectivity index (χ4v) is 8.59. The van der Waals surface area contributed by atoms with Crippen LogP contribution in [0.25, 0.3) is 0 Å². The van der Waals surface area contributed by atoms with Crippen LogP contribution in [0.1, 0.15) is 39.2 Å². The van der Waals surface area contributed by atoms with Crippen LogP contribution in [0.4, 0.5) is 24.5 Å². The van der Waals surface area contributed by atoms with Crippen LogP contribution >= 0.6 is 23.1 Å². The van der Waals surface area contributed by atoms with E-state index in [1.807, 2.05) is 0 Å². The minimum Gasteiger partial charge on any atom is -0.497 e. The average molecular weight is 698 g/mol. The normalized spacial score (nSPS) is 18.7. The van der Waals surface area contributed by atoms with Crippen molar-refractivity contribution in [2.75, 3.05) is 23.9 Å². The third-order valence-electron chi connectivity index (χ3n) is 7.96. The predicted molar refractivity (Wildman–Crippen MR) is 172 cm³/mol. The maximum Gasteiger partial charge on any atom is 0.418 e. The molecule has 1 saturated heterocycles. The van der Waals surface area contributed by atoms with Crippen LogP contribution in [0.5, 0.6) is 5.75 Å². The number of halogens is 3. The summed E-state index contributed by atoms with van der Waals surface area (Å²) in [5.74, 6) is -4.29. The molecule has 2 aliphatic rings. The van der Waals surface area contributed by atoms with Gasteiger partial charge < -0.3 is 14.8 Å². The zero-order valence-corrected chi connectivity index (χ0v) is 26.9. The van der Waals surface area contributed by atoms with Crippen LogP contribution in [0.15, 0.2) is 82.6 Å². The van der Waals surface area contributed by atoms with Gasteiger partial charge in [-0.1, -0.05) is 47.4 Å². The molecule has 2 aliphatic heterocycles. The molecule has 0 bridgehead atoms. The molecule has 4 aromatic rings. The summed E-state index contributed by atoms with van der Waals surface area (Å²) in [7, 11) is 1.47. The van der Waals surface area contributed by atoms with Gasteiger partial charge in [-0.3, -0.25) is 23.7 Å². The first-order valence-corrected chi connectivity index (χ1v) is 16.3. The maximum atomic E-state index is 14.0. The van der Waals surface area contributed by atoms with E-state index in [1.54, 1.807) is 31.2 Å². The van der Waals surface area contributed by atoms with Crippen molar-refractivity contribution in [3.63, 3.8) is 0 Å². The number of thiazole rings is 1. The van der Waals surface area contributed by atoms with Gasteiger partial charge in [0.2, 0.25) is 17.7 Å². The molecule has 248 valence electrons. The van der Waals surface area contributed by atoms with E-state index in [2.05, 4.69) is 5.32 Å². The van der Waals surface area contributed by atoms with Gasteiger partial charge in [-0.25, -0.2) is 9.69 Å². The van der Waals surface area contributed by atoms with E-state index >= 15 is 0 Å². The summed E-state index contributed by atoms with van der Waals surface area (Å²) in [6, 6.07) is 17.0. The summed E-state index contributed by atoms with van der Waals surface area (Å²) >= 11 is 1.69. The van der Waals surface area contributed by atoms with Crippen LogP contribution in [0, 0.1) is 5.92 Å². The topological polar surface area (TPSA) is 124 Å². The number of thioether (sulfide) groups is 1. The number of ether oxygens (including phenoxy) is 2. The number of alkyl halides is 3. The standard InChI is InChI=1S/C33H26F3N3O7S2/c1-3-46-31(43)18-8-12-19(13-9-18)37-23(40)16-38-30-27(48-32(38)44)24(17-10-14-20(45-2)15-11-17)25-26(47-30)29(42)39(28(25)41)22-7-5-4-6-21(22)33(34,35)36/h4-15,24-26H,3,16H2,1-2H3,(H,37,40)/t24-,25?,26?/m1/s1. The van der Waals surface area contributed by atoms with Gasteiger partial charge in [-0.2, -0.15) is 13.2 Å². The van der Waals surface area contributed by atoms with Crippen LogP contribution < -0.4 is 19.8 Å². The van der Waals surface area contributed by atoms with Crippen molar-refractivity contribution in [2.45, 2.75) is 35.8 Å². The molecule has 0 aliphatic carbocycles. The number of amides is 3. The van der Waals surface area contributed by atoms with E-state index in [0.717, 1.165) is 35.2 Å². The molecule has 1 fully saturated rings. The quantitative estimate of drug-likeness (QED) is 0.188. The Hall–Kier alpha value is -4.89. The molecule has 1 aromatic heterocycles. The second-order valence-corrected chi connectivity index (χ2v) is 12.9. The summed E-state index contributed by atoms with van der Waals surface area (Å²) in [6.45, 7) is 1.43. The molecule has 6 rings (SSSR count). The number of nitrogens with zero attached hydrogens (tertiary/aromatic N) is 2. The third-order valence-corrected chi connectivity index (χ3v) is 10.6. The molecule has 3 amide bonds. The number of para-hydroxylation sites is 1. The number of fused-ring (bicyclic) bond motifs is 2. The smallest absolute Gasteiger partial charge is 0.418 e. The van der Waals surface area contributed by atoms with Crippen LogP contribution in [0.3, 0.4) is 0 Å². The molecule has 10 nitrogen and oxygen atoms in total. The Morgan fingerprint density at radius 3 is 2.27 bits per heavy atom. The van der Waals surface area contributed by atoms with Gasteiger partial charge in [-0.15, -0.1) is 0 Å². The number of methoxy groups -OCH3 is 1. The van der Waals surface area contributed by atoms with E-state index in [1.165, 1.54) is 48.1 Å². The summed E-state index contributed by atoms with van der Waals surface area (Å²) in [6.07, 6.45) is -4.83. The first-order chi connectivity index (χ1) is 22.9. The number of esters is 1. The predicted octanol–water partition coefficient (Wildman–Crippen LogP) is 5.55. The second-order valence-electron chi connectivity index (χ2n) is 10.8. The maximum absolute atomic E-state index is 14.0. The Bertz CT molecular complexity index is 1970. The lowest BCUT2D eigenvalue weighted by Crippen LogP contribution is -2.33. The van der Waals surface area contributed by atoms with Crippen molar-refractivity contribution in [1.29, 1.82) is 0 Å². The van der Waals surface area contributed by atoms with Crippen LogP contribution in [-0.2, 0) is 31.8 Å². The Labute approximate surface area is 279 Å². The van der Waals surface area contributed by atoms with Gasteiger partial charge in [0.1, 0.15) is 17.5 Å². The zero-order valence-electron chi connectivity index (χ0n) is 25.3. The summed E-state index contributed by atoms with van der Waals surface area (Å²) in [5.41, 5.74) is -0.521. The summed E-state index contributed by atoms with van der Waals surface area (Å²) in [5, 5.41) is 1.76. The average Bonchev–Trinajstić information content (AvgIpc) is 3.50. The molecule has 0 spiro atoms. The monoisotopic (exact) mass is 697 g/mol. The van der Waals surface area contributed by atoms with Crippen molar-refractivity contribution in [1.82, 2.24) is 4.57 Å². The van der Waals surface area contributed by atoms with Gasteiger partial charge in [0.15, 0.2) is 0 Å². The number of hydrogen-bond acceptors (Lipinski definition) is 9. The van der Waals surface area contributed by atoms with Crippen LogP contribution in [-0.4, -0.2) is 47.2 Å². The highest BCUT2D eigenvalue weighted by atomic mass is 32.2. The zero-order chi connectivity index (χ0) is 34.3. The molecule has 48 heavy (non-hydrogen) atoms. The SMILES string of the molecule is CCOC(=O)c1ccc(NC(=O)Cn2c3c(sc2=O)[C@H](c2ccc(OC)cc2)C2C(=O)N(c4ccccc4C(F)(F)F)C(=O)C2S3)cc1. The van der Waals surface area contributed by atoms with Gasteiger partial charge in [0.05, 0.1) is 41.5 Å². The van der Waals surface area contributed by atoms with Gasteiger partial charge >= 0.3 is 17.0 Å². The minimum absolute atomic E-state index is 0.203. The number of anilines is 2. The van der Waals surface area contributed by atoms with Crippen LogP contribution in [0.2, 0.25) is 0 Å². The summed E-state index contributed by atoms with van der Waals surface area (Å²) < 4.78 is 53.4. The molecule has 1 N–H and O–H groups in total. The van der Waals surface area contributed by atoms with Gasteiger partial charge in [0.25, 0.3) is 0 Å². The number of imide groups is 1. The highest BCUT2D eigenvalue weighted by Crippen LogP contribution is 2.54. The third kappa shape index (κ3) is 5.99. The first-order valence-electron chi connectivity index (χ1n) is 14.6. The molecule has 2 unspecified atom stereocenters. The molecule has 3 heterocycles. The van der Waals surface area contributed by atoms with Crippen molar-refractivity contribution in [3.8, 4) is 5.75 Å². The first kappa shape index (κ1) is 33.0. The fourth-order valence-electron chi connectivity index (χ4n) is 5.82. The van der Waals surface area contributed by atoms with E-state index < -0.39 is 69.6 Å². The Kier molecular flexibility index (Phi) is 8.92. The largest absolute Gasteiger partial charge is 0.497 e. The molecule has 0 saturated carbocycles. The van der Waals surface area contributed by atoms with Crippen molar-refractivity contribution in [3.05, 3.63) is 104 Å². The van der Waals surface area contributed by atoms with Gasteiger partial charge in [0, 0.05) is 16.5 Å². The lowest BCUT2D eigenvalue weighted by molar-refractivity contribution is -0.137. The fraction of sp³-hybridized carbons (Fsp3) is 0.242. The number of rotatable bonds is 8. The second kappa shape index (κ2) is 13.0. The van der Waals surface area contributed by atoms with E-state index in [9.17, 15) is 37.1 Å². The van der Waals surface area contributed by atoms with Gasteiger partial charge in [-0.05, 0) is 61.0 Å².